The maximum absolute atomic E-state index is 6.04. The predicted octanol–water partition coefficient (Wildman–Crippen LogP) is 3.96. The van der Waals surface area contributed by atoms with E-state index >= 15 is 0 Å². The van der Waals surface area contributed by atoms with Gasteiger partial charge in [-0.05, 0) is 30.0 Å². The zero-order valence-electron chi connectivity index (χ0n) is 20.2. The van der Waals surface area contributed by atoms with Crippen LogP contribution in [-0.2, 0) is 16.0 Å². The molecule has 1 aliphatic heterocycles. The number of rotatable bonds is 8. The number of morpholine rings is 1. The van der Waals surface area contributed by atoms with Crippen molar-refractivity contribution in [3.63, 3.8) is 0 Å². The number of nitrogens with one attached hydrogen (secondary N) is 1. The number of anilines is 1. The summed E-state index contributed by atoms with van der Waals surface area (Å²) < 4.78 is 5.43. The number of allylic oxidation sites excluding steroid dienone is 1. The maximum atomic E-state index is 6.04. The Balaban J connectivity index is 1.37. The Morgan fingerprint density at radius 1 is 1.06 bits per heavy atom. The van der Waals surface area contributed by atoms with E-state index in [-0.39, 0.29) is 5.92 Å². The van der Waals surface area contributed by atoms with Crippen molar-refractivity contribution in [1.29, 1.82) is 0 Å². The molecule has 2 heterocycles. The van der Waals surface area contributed by atoms with Crippen molar-refractivity contribution in [1.82, 2.24) is 20.3 Å². The number of nitrogen functional groups attached to an aromatic ring is 1. The highest BCUT2D eigenvalue weighted by atomic mass is 16.6. The van der Waals surface area contributed by atoms with Crippen LogP contribution in [0.5, 0.6) is 0 Å². The topological polar surface area (TPSA) is 85.5 Å². The summed E-state index contributed by atoms with van der Waals surface area (Å²) in [7, 11) is 0. The van der Waals surface area contributed by atoms with Gasteiger partial charge in [-0.2, -0.15) is 0 Å². The summed E-state index contributed by atoms with van der Waals surface area (Å²) in [5.41, 5.74) is 16.7. The Bertz CT molecular complexity index is 1180. The molecular weight excluding hydrogens is 438 g/mol. The predicted molar refractivity (Wildman–Crippen MR) is 138 cm³/mol. The van der Waals surface area contributed by atoms with Crippen LogP contribution in [0.2, 0.25) is 0 Å². The fourth-order valence-corrected chi connectivity index (χ4v) is 5.01. The Labute approximate surface area is 206 Å². The van der Waals surface area contributed by atoms with Gasteiger partial charge in [0, 0.05) is 37.5 Å². The first kappa shape index (κ1) is 23.5. The molecule has 1 unspecified atom stereocenters. The van der Waals surface area contributed by atoms with E-state index in [1.165, 1.54) is 16.7 Å². The van der Waals surface area contributed by atoms with Crippen molar-refractivity contribution in [3.8, 4) is 11.1 Å². The molecule has 7 nitrogen and oxygen atoms in total. The van der Waals surface area contributed by atoms with Gasteiger partial charge in [0.25, 0.3) is 0 Å². The number of hydroxylamine groups is 1. The number of nitrogens with two attached hydrogens (primary N) is 1. The van der Waals surface area contributed by atoms with E-state index in [2.05, 4.69) is 75.0 Å². The molecule has 0 bridgehead atoms. The van der Waals surface area contributed by atoms with Crippen molar-refractivity contribution >= 4 is 11.6 Å². The van der Waals surface area contributed by atoms with Crippen molar-refractivity contribution in [2.45, 2.75) is 25.7 Å². The average molecular weight is 472 g/mol. The number of benzene rings is 2. The summed E-state index contributed by atoms with van der Waals surface area (Å²) in [6.45, 7) is 7.21. The van der Waals surface area contributed by atoms with Crippen molar-refractivity contribution in [3.05, 3.63) is 83.2 Å². The highest BCUT2D eigenvalue weighted by Crippen LogP contribution is 2.38. The molecule has 1 aromatic heterocycles. The van der Waals surface area contributed by atoms with Crippen LogP contribution in [0.3, 0.4) is 0 Å². The number of fused-ring (bicyclic) bond motifs is 1. The van der Waals surface area contributed by atoms with Gasteiger partial charge in [0.1, 0.15) is 0 Å². The highest BCUT2D eigenvalue weighted by molar-refractivity contribution is 5.74. The summed E-state index contributed by atoms with van der Waals surface area (Å²) in [4.78, 5) is 17.4. The van der Waals surface area contributed by atoms with Gasteiger partial charge in [0.05, 0.1) is 36.9 Å². The number of ether oxygens (including phenoxy) is 1. The molecule has 1 saturated heterocycles. The van der Waals surface area contributed by atoms with Crippen LogP contribution in [0.15, 0.2) is 60.7 Å². The van der Waals surface area contributed by atoms with E-state index in [1.54, 1.807) is 0 Å². The number of aryl methyl sites for hydroxylation is 1. The largest absolute Gasteiger partial charge is 0.379 e. The fraction of sp³-hybridized carbons (Fsp3) is 0.357. The Kier molecular flexibility index (Phi) is 7.37. The lowest BCUT2D eigenvalue weighted by molar-refractivity contribution is 0.0261. The molecule has 0 radical (unpaired) electrons. The quantitative estimate of drug-likeness (QED) is 0.380. The van der Waals surface area contributed by atoms with Crippen LogP contribution >= 0.6 is 0 Å². The maximum Gasteiger partial charge on any atom is 0.220 e. The molecule has 0 saturated carbocycles. The molecule has 182 valence electrons. The van der Waals surface area contributed by atoms with Crippen LogP contribution < -0.4 is 11.2 Å². The zero-order valence-corrected chi connectivity index (χ0v) is 20.2. The first-order valence-corrected chi connectivity index (χ1v) is 12.4. The van der Waals surface area contributed by atoms with Gasteiger partial charge in [-0.15, -0.1) is 0 Å². The molecule has 1 fully saturated rings. The Morgan fingerprint density at radius 2 is 1.83 bits per heavy atom. The van der Waals surface area contributed by atoms with Gasteiger partial charge in [-0.3, -0.25) is 15.2 Å². The molecule has 3 N–H and O–H groups in total. The number of aromatic nitrogens is 2. The Hall–Kier alpha value is -3.26. The van der Waals surface area contributed by atoms with Gasteiger partial charge < -0.3 is 10.5 Å². The highest BCUT2D eigenvalue weighted by Gasteiger charge is 2.26. The molecule has 1 atom stereocenters. The van der Waals surface area contributed by atoms with E-state index in [9.17, 15) is 0 Å². The van der Waals surface area contributed by atoms with Gasteiger partial charge in [0.15, 0.2) is 0 Å². The molecule has 35 heavy (non-hydrogen) atoms. The molecule has 5 rings (SSSR count). The molecule has 0 amide bonds. The van der Waals surface area contributed by atoms with Crippen LogP contribution in [0.4, 0.5) is 5.95 Å². The minimum absolute atomic E-state index is 0.132. The second-order valence-electron chi connectivity index (χ2n) is 9.09. The number of hydrogen-bond donors (Lipinski definition) is 2. The van der Waals surface area contributed by atoms with Crippen molar-refractivity contribution in [2.75, 3.05) is 45.2 Å². The second kappa shape index (κ2) is 11.0. The SMILES string of the molecule is Cc1nc(N)nc2c1C(NOCCCN1CCOCC1)=CC(c1ccccc1-c1ccccc1)C2. The average Bonchev–Trinajstić information content (AvgIpc) is 2.89. The summed E-state index contributed by atoms with van der Waals surface area (Å²) in [6.07, 6.45) is 3.96. The molecule has 1 aliphatic carbocycles. The van der Waals surface area contributed by atoms with Gasteiger partial charge >= 0.3 is 0 Å². The fourth-order valence-electron chi connectivity index (χ4n) is 5.01. The standard InChI is InChI=1S/C28H33N5O2/c1-20-27-25(31-28(29)30-20)18-22(24-11-6-5-10-23(24)21-8-3-2-4-9-21)19-26(27)32-35-15-7-12-33-13-16-34-17-14-33/h2-6,8-11,19,22,32H,7,12-18H2,1H3,(H2,29,30,31). The minimum Gasteiger partial charge on any atom is -0.379 e. The smallest absolute Gasteiger partial charge is 0.220 e. The van der Waals surface area contributed by atoms with E-state index in [0.717, 1.165) is 68.3 Å². The van der Waals surface area contributed by atoms with E-state index in [4.69, 9.17) is 15.3 Å². The summed E-state index contributed by atoms with van der Waals surface area (Å²) in [5.74, 6) is 0.441. The Morgan fingerprint density at radius 3 is 2.66 bits per heavy atom. The van der Waals surface area contributed by atoms with E-state index in [0.29, 0.717) is 12.6 Å². The minimum atomic E-state index is 0.132. The van der Waals surface area contributed by atoms with Crippen molar-refractivity contribution in [2.24, 2.45) is 0 Å². The molecule has 0 spiro atoms. The van der Waals surface area contributed by atoms with Crippen LogP contribution in [-0.4, -0.2) is 54.3 Å². The van der Waals surface area contributed by atoms with Crippen molar-refractivity contribution < 1.29 is 9.57 Å². The third-order valence-corrected chi connectivity index (χ3v) is 6.68. The third-order valence-electron chi connectivity index (χ3n) is 6.68. The summed E-state index contributed by atoms with van der Waals surface area (Å²) in [6, 6.07) is 19.1. The lowest BCUT2D eigenvalue weighted by atomic mass is 9.82. The lowest BCUT2D eigenvalue weighted by Gasteiger charge is -2.27. The molecule has 7 heteroatoms. The monoisotopic (exact) mass is 471 g/mol. The molecule has 3 aromatic rings. The van der Waals surface area contributed by atoms with E-state index in [1.807, 2.05) is 13.0 Å². The second-order valence-corrected chi connectivity index (χ2v) is 9.09. The molecule has 2 aliphatic rings. The summed E-state index contributed by atoms with van der Waals surface area (Å²) >= 11 is 0. The first-order valence-electron chi connectivity index (χ1n) is 12.4. The lowest BCUT2D eigenvalue weighted by Crippen LogP contribution is -2.37. The van der Waals surface area contributed by atoms with Gasteiger partial charge in [-0.1, -0.05) is 60.7 Å². The third kappa shape index (κ3) is 5.53. The van der Waals surface area contributed by atoms with Crippen LogP contribution in [0, 0.1) is 6.92 Å². The first-order chi connectivity index (χ1) is 17.2. The summed E-state index contributed by atoms with van der Waals surface area (Å²) in [5, 5.41) is 0. The molecule has 2 aromatic carbocycles. The van der Waals surface area contributed by atoms with Gasteiger partial charge in [0.2, 0.25) is 5.95 Å². The van der Waals surface area contributed by atoms with E-state index < -0.39 is 0 Å². The van der Waals surface area contributed by atoms with Crippen LogP contribution in [0.25, 0.3) is 16.8 Å². The van der Waals surface area contributed by atoms with Crippen LogP contribution in [0.1, 0.15) is 34.9 Å². The molecular formula is C28H33N5O2. The number of hydrogen-bond acceptors (Lipinski definition) is 7. The normalized spacial score (nSPS) is 18.1. The zero-order chi connectivity index (χ0) is 24.0. The van der Waals surface area contributed by atoms with Gasteiger partial charge in [-0.25, -0.2) is 9.97 Å². The number of nitrogens with zero attached hydrogens (tertiary/aromatic N) is 3.